The lowest BCUT2D eigenvalue weighted by atomic mass is 10.1. The van der Waals surface area contributed by atoms with Crippen molar-refractivity contribution in [2.75, 3.05) is 24.3 Å². The van der Waals surface area contributed by atoms with Gasteiger partial charge in [-0.25, -0.2) is 4.39 Å². The third-order valence-electron chi connectivity index (χ3n) is 5.42. The molecule has 32 heavy (non-hydrogen) atoms. The molecule has 1 aliphatic rings. The van der Waals surface area contributed by atoms with Gasteiger partial charge in [-0.2, -0.15) is 0 Å². The number of halogens is 1. The molecule has 0 atom stereocenters. The molecule has 1 aliphatic carbocycles. The van der Waals surface area contributed by atoms with Crippen molar-refractivity contribution in [2.45, 2.75) is 25.9 Å². The lowest BCUT2D eigenvalue weighted by molar-refractivity contribution is -0.117. The molecule has 0 unspecified atom stereocenters. The van der Waals surface area contributed by atoms with Crippen molar-refractivity contribution in [1.29, 1.82) is 0 Å². The second-order valence-corrected chi connectivity index (χ2v) is 9.22. The molecule has 3 aromatic rings. The van der Waals surface area contributed by atoms with Gasteiger partial charge in [0.05, 0.1) is 4.88 Å². The van der Waals surface area contributed by atoms with Crippen LogP contribution in [0.5, 0.6) is 0 Å². The van der Waals surface area contributed by atoms with Gasteiger partial charge in [-0.15, -0.1) is 11.3 Å². The molecule has 1 N–H and O–H groups in total. The summed E-state index contributed by atoms with van der Waals surface area (Å²) in [7, 11) is 3.89. The van der Waals surface area contributed by atoms with Crippen LogP contribution in [0.15, 0.2) is 60.0 Å². The van der Waals surface area contributed by atoms with E-state index in [1.54, 1.807) is 17.0 Å². The molecule has 7 heteroatoms. The van der Waals surface area contributed by atoms with Crippen molar-refractivity contribution in [3.05, 3.63) is 81.8 Å². The van der Waals surface area contributed by atoms with Gasteiger partial charge in [0.2, 0.25) is 5.91 Å². The quantitative estimate of drug-likeness (QED) is 0.516. The van der Waals surface area contributed by atoms with Gasteiger partial charge >= 0.3 is 0 Å². The number of nitrogens with one attached hydrogen (secondary N) is 1. The zero-order valence-corrected chi connectivity index (χ0v) is 19.0. The number of hydrogen-bond donors (Lipinski definition) is 1. The normalized spacial score (nSPS) is 13.0. The maximum absolute atomic E-state index is 13.8. The van der Waals surface area contributed by atoms with Crippen LogP contribution in [0.25, 0.3) is 0 Å². The van der Waals surface area contributed by atoms with E-state index in [9.17, 15) is 14.0 Å². The fourth-order valence-electron chi connectivity index (χ4n) is 3.63. The van der Waals surface area contributed by atoms with Crippen LogP contribution in [0, 0.1) is 11.7 Å². The van der Waals surface area contributed by atoms with Gasteiger partial charge in [-0.05, 0) is 65.7 Å². The first-order valence-corrected chi connectivity index (χ1v) is 11.5. The summed E-state index contributed by atoms with van der Waals surface area (Å²) in [4.78, 5) is 29.9. The Morgan fingerprint density at radius 2 is 1.88 bits per heavy atom. The van der Waals surface area contributed by atoms with Crippen molar-refractivity contribution in [1.82, 2.24) is 4.90 Å². The molecule has 4 rings (SSSR count). The van der Waals surface area contributed by atoms with E-state index in [1.165, 1.54) is 23.5 Å². The van der Waals surface area contributed by atoms with Gasteiger partial charge in [0.15, 0.2) is 0 Å². The second-order valence-electron chi connectivity index (χ2n) is 8.27. The Bertz CT molecular complexity index is 1110. The largest absolute Gasteiger partial charge is 0.377 e. The Morgan fingerprint density at radius 3 is 2.53 bits per heavy atom. The first-order chi connectivity index (χ1) is 15.4. The molecule has 1 heterocycles. The molecule has 0 bridgehead atoms. The number of amides is 2. The highest BCUT2D eigenvalue weighted by Gasteiger charge is 2.29. The second kappa shape index (κ2) is 9.53. The highest BCUT2D eigenvalue weighted by Crippen LogP contribution is 2.31. The number of carbonyl (C=O) groups is 2. The van der Waals surface area contributed by atoms with Gasteiger partial charge in [0, 0.05) is 44.5 Å². The number of benzene rings is 2. The van der Waals surface area contributed by atoms with E-state index < -0.39 is 0 Å². The molecule has 0 spiro atoms. The number of hydrogen-bond acceptors (Lipinski definition) is 4. The van der Waals surface area contributed by atoms with Crippen LogP contribution in [0.4, 0.5) is 15.8 Å². The number of nitrogens with zero attached hydrogens (tertiary/aromatic N) is 2. The Morgan fingerprint density at radius 1 is 1.06 bits per heavy atom. The molecule has 2 amide bonds. The van der Waals surface area contributed by atoms with E-state index in [2.05, 4.69) is 5.32 Å². The molecule has 0 saturated heterocycles. The zero-order valence-electron chi connectivity index (χ0n) is 18.2. The van der Waals surface area contributed by atoms with Crippen LogP contribution >= 0.6 is 11.3 Å². The zero-order chi connectivity index (χ0) is 22.7. The molecule has 0 radical (unpaired) electrons. The Labute approximate surface area is 191 Å². The molecule has 1 fully saturated rings. The third-order valence-corrected chi connectivity index (χ3v) is 6.28. The van der Waals surface area contributed by atoms with E-state index in [0.29, 0.717) is 11.4 Å². The van der Waals surface area contributed by atoms with Crippen LogP contribution in [0.3, 0.4) is 0 Å². The van der Waals surface area contributed by atoms with Gasteiger partial charge < -0.3 is 15.1 Å². The van der Waals surface area contributed by atoms with Crippen molar-refractivity contribution in [3.8, 4) is 0 Å². The minimum atomic E-state index is -0.329. The Balaban J connectivity index is 1.64. The summed E-state index contributed by atoms with van der Waals surface area (Å²) in [6, 6.07) is 15.7. The van der Waals surface area contributed by atoms with Gasteiger partial charge in [0.25, 0.3) is 5.91 Å². The molecule has 1 aromatic heterocycles. The van der Waals surface area contributed by atoms with Gasteiger partial charge in [-0.3, -0.25) is 9.59 Å². The Hall–Kier alpha value is -3.19. The predicted octanol–water partition coefficient (Wildman–Crippen LogP) is 5.14. The van der Waals surface area contributed by atoms with Crippen LogP contribution in [0.1, 0.15) is 33.6 Å². The molecule has 5 nitrogen and oxygen atoms in total. The minimum Gasteiger partial charge on any atom is -0.377 e. The maximum Gasteiger partial charge on any atom is 0.264 e. The summed E-state index contributed by atoms with van der Waals surface area (Å²) in [6.07, 6.45) is 1.87. The average Bonchev–Trinajstić information content (AvgIpc) is 3.47. The summed E-state index contributed by atoms with van der Waals surface area (Å²) in [5, 5.41) is 4.86. The van der Waals surface area contributed by atoms with Gasteiger partial charge in [0.1, 0.15) is 5.82 Å². The maximum atomic E-state index is 13.8. The number of carbonyl (C=O) groups excluding carboxylic acids is 2. The van der Waals surface area contributed by atoms with Gasteiger partial charge in [-0.1, -0.05) is 18.2 Å². The molecular weight excluding hydrogens is 425 g/mol. The first kappa shape index (κ1) is 22.0. The molecule has 0 aliphatic heterocycles. The SMILES string of the molecule is CN(C)c1ccc(NC(=O)C2CC2)cc1CN(Cc1cccc(F)c1)C(=O)c1cccs1. The molecule has 166 valence electrons. The number of rotatable bonds is 8. The smallest absolute Gasteiger partial charge is 0.264 e. The van der Waals surface area contributed by atoms with E-state index >= 15 is 0 Å². The van der Waals surface area contributed by atoms with Crippen molar-refractivity contribution in [2.24, 2.45) is 5.92 Å². The van der Waals surface area contributed by atoms with Crippen molar-refractivity contribution >= 4 is 34.5 Å². The third kappa shape index (κ3) is 5.34. The number of anilines is 2. The summed E-state index contributed by atoms with van der Waals surface area (Å²) in [5.74, 6) is -0.289. The minimum absolute atomic E-state index is 0.0415. The standard InChI is InChI=1S/C25H26FN3O2S/c1-28(2)22-11-10-21(27-24(30)18-8-9-18)14-19(22)16-29(25(31)23-7-4-12-32-23)15-17-5-3-6-20(26)13-17/h3-7,10-14,18H,8-9,15-16H2,1-2H3,(H,27,30). The highest BCUT2D eigenvalue weighted by molar-refractivity contribution is 7.12. The van der Waals surface area contributed by atoms with Crippen LogP contribution < -0.4 is 10.2 Å². The summed E-state index contributed by atoms with van der Waals surface area (Å²) < 4.78 is 13.8. The van der Waals surface area contributed by atoms with E-state index in [0.717, 1.165) is 35.3 Å². The summed E-state index contributed by atoms with van der Waals surface area (Å²) in [6.45, 7) is 0.605. The van der Waals surface area contributed by atoms with E-state index in [-0.39, 0.29) is 30.1 Å². The fourth-order valence-corrected chi connectivity index (χ4v) is 4.32. The lowest BCUT2D eigenvalue weighted by Gasteiger charge is -2.26. The van der Waals surface area contributed by atoms with Crippen molar-refractivity contribution < 1.29 is 14.0 Å². The fraction of sp³-hybridized carbons (Fsp3) is 0.280. The van der Waals surface area contributed by atoms with Crippen LogP contribution in [0.2, 0.25) is 0 Å². The van der Waals surface area contributed by atoms with E-state index in [4.69, 9.17) is 0 Å². The predicted molar refractivity (Wildman–Crippen MR) is 126 cm³/mol. The summed E-state index contributed by atoms with van der Waals surface area (Å²) >= 11 is 1.38. The van der Waals surface area contributed by atoms with Crippen LogP contribution in [-0.4, -0.2) is 30.8 Å². The Kier molecular flexibility index (Phi) is 6.55. The van der Waals surface area contributed by atoms with E-state index in [1.807, 2.05) is 54.7 Å². The summed E-state index contributed by atoms with van der Waals surface area (Å²) in [5.41, 5.74) is 3.30. The monoisotopic (exact) mass is 451 g/mol. The molecule has 1 saturated carbocycles. The topological polar surface area (TPSA) is 52.7 Å². The van der Waals surface area contributed by atoms with Crippen molar-refractivity contribution in [3.63, 3.8) is 0 Å². The molecular formula is C25H26FN3O2S. The highest BCUT2D eigenvalue weighted by atomic mass is 32.1. The lowest BCUT2D eigenvalue weighted by Crippen LogP contribution is -2.30. The van der Waals surface area contributed by atoms with Crippen LogP contribution in [-0.2, 0) is 17.9 Å². The number of thiophene rings is 1. The average molecular weight is 452 g/mol. The molecule has 2 aromatic carbocycles. The first-order valence-electron chi connectivity index (χ1n) is 10.6.